The van der Waals surface area contributed by atoms with E-state index in [4.69, 9.17) is 15.3 Å². The van der Waals surface area contributed by atoms with Crippen LogP contribution in [-0.2, 0) is 9.59 Å². The molecule has 0 fully saturated rings. The molecule has 0 aliphatic carbocycles. The Morgan fingerprint density at radius 2 is 1.57 bits per heavy atom. The van der Waals surface area contributed by atoms with Crippen LogP contribution in [0.2, 0.25) is 0 Å². The van der Waals surface area contributed by atoms with Crippen molar-refractivity contribution in [3.8, 4) is 0 Å². The molecule has 0 bridgehead atoms. The second kappa shape index (κ2) is 7.04. The minimum absolute atomic E-state index is 0.00137. The maximum atomic E-state index is 12.1. The average molecular weight is 295 g/mol. The molecule has 2 amide bonds. The topological polar surface area (TPSA) is 132 Å². The third-order valence-corrected chi connectivity index (χ3v) is 2.67. The van der Waals surface area contributed by atoms with Crippen molar-refractivity contribution in [1.29, 1.82) is 0 Å². The largest absolute Gasteiger partial charge is 0.481 e. The summed E-state index contributed by atoms with van der Waals surface area (Å²) in [6.07, 6.45) is -2.82. The van der Waals surface area contributed by atoms with Crippen molar-refractivity contribution in [2.75, 3.05) is 0 Å². The summed E-state index contributed by atoms with van der Waals surface area (Å²) in [5.74, 6) is -3.87. The number of nitrogens with zero attached hydrogens (tertiary/aromatic N) is 1. The van der Waals surface area contributed by atoms with Crippen LogP contribution in [0.1, 0.15) is 23.2 Å². The van der Waals surface area contributed by atoms with Crippen molar-refractivity contribution >= 4 is 23.9 Å². The average Bonchev–Trinajstić information content (AvgIpc) is 2.42. The number of amides is 2. The summed E-state index contributed by atoms with van der Waals surface area (Å²) in [6, 6.07) is 5.54. The van der Waals surface area contributed by atoms with E-state index in [1.54, 1.807) is 6.07 Å². The molecule has 3 N–H and O–H groups in total. The Labute approximate surface area is 119 Å². The zero-order valence-electron chi connectivity index (χ0n) is 10.8. The summed E-state index contributed by atoms with van der Waals surface area (Å²) in [7, 11) is 0. The minimum Gasteiger partial charge on any atom is -0.481 e. The lowest BCUT2D eigenvalue weighted by molar-refractivity contribution is -0.143. The Kier molecular flexibility index (Phi) is 5.41. The highest BCUT2D eigenvalue weighted by molar-refractivity contribution is 6.05. The summed E-state index contributed by atoms with van der Waals surface area (Å²) in [6.45, 7) is 0. The first-order valence-electron chi connectivity index (χ1n) is 5.90. The smallest absolute Gasteiger partial charge is 0.415 e. The fourth-order valence-corrected chi connectivity index (χ4v) is 1.70. The molecule has 1 rings (SSSR count). The number of carbonyl (C=O) groups excluding carboxylic acids is 1. The van der Waals surface area contributed by atoms with Gasteiger partial charge in [0.25, 0.3) is 5.91 Å². The van der Waals surface area contributed by atoms with Crippen molar-refractivity contribution in [2.45, 2.75) is 18.9 Å². The second-order valence-electron chi connectivity index (χ2n) is 4.11. The summed E-state index contributed by atoms with van der Waals surface area (Å²) in [5.41, 5.74) is 0.00137. The van der Waals surface area contributed by atoms with Crippen LogP contribution in [0.5, 0.6) is 0 Å². The van der Waals surface area contributed by atoms with Gasteiger partial charge >= 0.3 is 18.0 Å². The molecular formula is C13H13NO7. The molecule has 0 saturated carbocycles. The summed E-state index contributed by atoms with van der Waals surface area (Å²) in [4.78, 5) is 45.1. The molecule has 1 aromatic carbocycles. The number of hydrogen-bond donors (Lipinski definition) is 3. The number of carbonyl (C=O) groups is 4. The van der Waals surface area contributed by atoms with Gasteiger partial charge in [-0.05, 0) is 18.6 Å². The molecule has 21 heavy (non-hydrogen) atoms. The number of rotatable bonds is 6. The highest BCUT2D eigenvalue weighted by atomic mass is 16.4. The molecule has 112 valence electrons. The van der Waals surface area contributed by atoms with Crippen molar-refractivity contribution in [3.63, 3.8) is 0 Å². The predicted molar refractivity (Wildman–Crippen MR) is 68.9 cm³/mol. The van der Waals surface area contributed by atoms with Crippen LogP contribution < -0.4 is 0 Å². The first-order chi connectivity index (χ1) is 9.84. The van der Waals surface area contributed by atoms with Gasteiger partial charge < -0.3 is 15.3 Å². The molecule has 1 aromatic rings. The quantitative estimate of drug-likeness (QED) is 0.716. The third kappa shape index (κ3) is 4.30. The predicted octanol–water partition coefficient (Wildman–Crippen LogP) is 1.12. The third-order valence-electron chi connectivity index (χ3n) is 2.67. The Bertz CT molecular complexity index is 555. The standard InChI is InChI=1S/C13H13NO7/c15-10(16)7-6-9(12(18)19)14(13(20)21)11(17)8-4-2-1-3-5-8/h1-5,9H,6-7H2,(H,15,16)(H,18,19)(H,20,21)/t9-/m0/s1. The van der Waals surface area contributed by atoms with Crippen molar-refractivity contribution in [2.24, 2.45) is 0 Å². The Morgan fingerprint density at radius 1 is 1.00 bits per heavy atom. The van der Waals surface area contributed by atoms with E-state index in [9.17, 15) is 19.2 Å². The number of carboxylic acids is 2. The van der Waals surface area contributed by atoms with Gasteiger partial charge in [-0.2, -0.15) is 0 Å². The summed E-state index contributed by atoms with van der Waals surface area (Å²) >= 11 is 0. The SMILES string of the molecule is O=C(O)CC[C@@H](C(=O)O)N(C(=O)O)C(=O)c1ccccc1. The van der Waals surface area contributed by atoms with Gasteiger partial charge in [0.2, 0.25) is 0 Å². The number of hydrogen-bond acceptors (Lipinski definition) is 4. The lowest BCUT2D eigenvalue weighted by Crippen LogP contribution is -2.48. The van der Waals surface area contributed by atoms with E-state index >= 15 is 0 Å². The zero-order valence-corrected chi connectivity index (χ0v) is 10.8. The van der Waals surface area contributed by atoms with Gasteiger partial charge in [-0.3, -0.25) is 9.59 Å². The van der Waals surface area contributed by atoms with E-state index < -0.39 is 42.8 Å². The van der Waals surface area contributed by atoms with Crippen molar-refractivity contribution < 1.29 is 34.5 Å². The van der Waals surface area contributed by atoms with Crippen LogP contribution in [0, 0.1) is 0 Å². The molecule has 0 saturated heterocycles. The van der Waals surface area contributed by atoms with Gasteiger partial charge in [-0.25, -0.2) is 14.5 Å². The van der Waals surface area contributed by atoms with Gasteiger partial charge in [0, 0.05) is 12.0 Å². The van der Waals surface area contributed by atoms with Gasteiger partial charge in [0.15, 0.2) is 0 Å². The number of benzene rings is 1. The van der Waals surface area contributed by atoms with Crippen molar-refractivity contribution in [3.05, 3.63) is 35.9 Å². The molecule has 0 heterocycles. The van der Waals surface area contributed by atoms with Gasteiger partial charge in [0.05, 0.1) is 0 Å². The first kappa shape index (κ1) is 16.2. The fraction of sp³-hybridized carbons (Fsp3) is 0.231. The highest BCUT2D eigenvalue weighted by Crippen LogP contribution is 2.14. The van der Waals surface area contributed by atoms with E-state index in [-0.39, 0.29) is 10.5 Å². The first-order valence-corrected chi connectivity index (χ1v) is 5.90. The number of carboxylic acid groups (broad SMARTS) is 3. The van der Waals surface area contributed by atoms with Crippen molar-refractivity contribution in [1.82, 2.24) is 4.90 Å². The van der Waals surface area contributed by atoms with E-state index in [2.05, 4.69) is 0 Å². The Balaban J connectivity index is 3.07. The molecule has 0 unspecified atom stereocenters. The van der Waals surface area contributed by atoms with E-state index in [0.717, 1.165) is 0 Å². The fourth-order valence-electron chi connectivity index (χ4n) is 1.70. The molecule has 0 aliphatic heterocycles. The lowest BCUT2D eigenvalue weighted by Gasteiger charge is -2.24. The monoisotopic (exact) mass is 295 g/mol. The van der Waals surface area contributed by atoms with Crippen LogP contribution in [0.4, 0.5) is 4.79 Å². The van der Waals surface area contributed by atoms with Crippen LogP contribution in [0.15, 0.2) is 30.3 Å². The van der Waals surface area contributed by atoms with Gasteiger partial charge in [-0.1, -0.05) is 18.2 Å². The highest BCUT2D eigenvalue weighted by Gasteiger charge is 2.35. The Hall–Kier alpha value is -2.90. The molecule has 1 atom stereocenters. The van der Waals surface area contributed by atoms with E-state index in [1.807, 2.05) is 0 Å². The maximum Gasteiger partial charge on any atom is 0.415 e. The molecule has 8 nitrogen and oxygen atoms in total. The Morgan fingerprint density at radius 3 is 2.00 bits per heavy atom. The van der Waals surface area contributed by atoms with Gasteiger partial charge in [0.1, 0.15) is 6.04 Å². The van der Waals surface area contributed by atoms with Crippen LogP contribution in [0.3, 0.4) is 0 Å². The second-order valence-corrected chi connectivity index (χ2v) is 4.11. The number of imide groups is 1. The van der Waals surface area contributed by atoms with Gasteiger partial charge in [-0.15, -0.1) is 0 Å². The molecule has 0 aliphatic rings. The zero-order chi connectivity index (χ0) is 16.0. The summed E-state index contributed by atoms with van der Waals surface area (Å²) in [5, 5.41) is 26.7. The maximum absolute atomic E-state index is 12.1. The molecule has 0 spiro atoms. The van der Waals surface area contributed by atoms with Crippen LogP contribution in [-0.4, -0.2) is 50.2 Å². The summed E-state index contributed by atoms with van der Waals surface area (Å²) < 4.78 is 0. The molecule has 8 heteroatoms. The van der Waals surface area contributed by atoms with E-state index in [1.165, 1.54) is 24.3 Å². The molecule has 0 aromatic heterocycles. The van der Waals surface area contributed by atoms with Crippen LogP contribution in [0.25, 0.3) is 0 Å². The molecular weight excluding hydrogens is 282 g/mol. The lowest BCUT2D eigenvalue weighted by atomic mass is 10.1. The minimum atomic E-state index is -1.76. The van der Waals surface area contributed by atoms with E-state index in [0.29, 0.717) is 0 Å². The molecule has 0 radical (unpaired) electrons. The van der Waals surface area contributed by atoms with Crippen LogP contribution >= 0.6 is 0 Å². The normalized spacial score (nSPS) is 11.4. The number of aliphatic carboxylic acids is 2.